The summed E-state index contributed by atoms with van der Waals surface area (Å²) in [5.41, 5.74) is 0. The molecular formula is CoFeMoNiVW. The second-order valence-corrected chi connectivity index (χ2v) is 0. The van der Waals surface area contributed by atoms with Crippen LogP contribution in [-0.2, 0) is 103 Å². The molecule has 0 aromatic rings. The van der Waals surface area contributed by atoms with E-state index in [-0.39, 0.29) is 71.4 Å². The summed E-state index contributed by atoms with van der Waals surface area (Å²) >= 11 is 4.21. The van der Waals surface area contributed by atoms with E-state index in [1.54, 1.807) is 0 Å². The fraction of sp³-hybridized carbons (Fsp3) is 0. The molecular weight excluding hydrogens is 504 g/mol. The number of rotatable bonds is 0. The number of hydrogen-bond acceptors (Lipinski definition) is 0. The van der Waals surface area contributed by atoms with Crippen LogP contribution in [0.2, 0.25) is 0 Å². The van der Waals surface area contributed by atoms with Crippen LogP contribution in [0.1, 0.15) is 0 Å². The van der Waals surface area contributed by atoms with Crippen molar-refractivity contribution in [3.8, 4) is 0 Å². The summed E-state index contributed by atoms with van der Waals surface area (Å²) < 4.78 is 0. The molecule has 0 heterocycles. The Labute approximate surface area is 102 Å². The zero-order valence-electron chi connectivity index (χ0n) is 2.27. The molecule has 44 valence electrons. The molecule has 0 unspecified atom stereocenters. The van der Waals surface area contributed by atoms with Crippen LogP contribution in [0.3, 0.4) is 0 Å². The Bertz CT molecular complexity index is 15.5. The Kier molecular flexibility index (Phi) is 222. The smallest absolute Gasteiger partial charge is 0 e. The maximum Gasteiger partial charge on any atom is 0 e. The predicted octanol–water partition coefficient (Wildman–Crippen LogP) is -0.0150. The fourth-order valence-corrected chi connectivity index (χ4v) is 0. The summed E-state index contributed by atoms with van der Waals surface area (Å²) in [6, 6.07) is 0. The third-order valence-electron chi connectivity index (χ3n) is 0. The molecule has 0 aliphatic heterocycles. The van der Waals surface area contributed by atoms with Gasteiger partial charge in [0.05, 0.1) is 0 Å². The monoisotopic (exact) mass is 506 g/mol. The topological polar surface area (TPSA) is 0 Å². The van der Waals surface area contributed by atoms with Crippen LogP contribution >= 0.6 is 0 Å². The third kappa shape index (κ3) is 25.9. The summed E-state index contributed by atoms with van der Waals surface area (Å²) in [4.78, 5) is 0. The van der Waals surface area contributed by atoms with Gasteiger partial charge in [0.2, 0.25) is 0 Å². The van der Waals surface area contributed by atoms with Gasteiger partial charge < -0.3 is 0 Å². The molecule has 0 atom stereocenters. The predicted molar refractivity (Wildman–Crippen MR) is 0 cm³/mol. The maximum absolute atomic E-state index is 2.32. The zero-order chi connectivity index (χ0) is 2.00. The fourth-order valence-electron chi connectivity index (χ4n) is 0. The Morgan fingerprint density at radius 2 is 1.17 bits per heavy atom. The summed E-state index contributed by atoms with van der Waals surface area (Å²) in [5.74, 6) is 0. The summed E-state index contributed by atoms with van der Waals surface area (Å²) in [6.07, 6.45) is 0. The van der Waals surface area contributed by atoms with Gasteiger partial charge in [-0.05, 0) is 0 Å². The second-order valence-electron chi connectivity index (χ2n) is 0. The molecule has 0 aliphatic rings. The molecule has 1 radical (unpaired) electrons. The molecule has 0 aliphatic carbocycles. The Balaban J connectivity index is -0.000000000833. The van der Waals surface area contributed by atoms with E-state index in [0.717, 1.165) is 0 Å². The van der Waals surface area contributed by atoms with E-state index in [1.165, 1.54) is 0 Å². The molecule has 0 saturated heterocycles. The van der Waals surface area contributed by atoms with Crippen LogP contribution in [0.5, 0.6) is 0 Å². The van der Waals surface area contributed by atoms with Gasteiger partial charge in [0.1, 0.15) is 0 Å². The molecule has 6 heteroatoms. The number of hydrogen-bond donors (Lipinski definition) is 0. The molecule has 6 heavy (non-hydrogen) atoms. The largest absolute Gasteiger partial charge is 0 e. The Hall–Kier alpha value is 3.48. The van der Waals surface area contributed by atoms with Crippen molar-refractivity contribution in [3.05, 3.63) is 0 Å². The molecule has 0 aromatic heterocycles. The van der Waals surface area contributed by atoms with Crippen LogP contribution in [-0.4, -0.2) is 0 Å². The van der Waals surface area contributed by atoms with Crippen LogP contribution < -0.4 is 0 Å². The zero-order valence-corrected chi connectivity index (χ0v) is 11.7. The van der Waals surface area contributed by atoms with Crippen LogP contribution in [0.25, 0.3) is 0 Å². The van der Waals surface area contributed by atoms with E-state index in [1.807, 2.05) is 17.4 Å². The van der Waals surface area contributed by atoms with Gasteiger partial charge in [-0.2, -0.15) is 0 Å². The first kappa shape index (κ1) is 34.0. The van der Waals surface area contributed by atoms with Crippen LogP contribution in [0.4, 0.5) is 0 Å². The van der Waals surface area contributed by atoms with Gasteiger partial charge in [-0.1, -0.05) is 0 Å². The van der Waals surface area contributed by atoms with Crippen molar-refractivity contribution in [2.24, 2.45) is 0 Å². The first-order valence-corrected chi connectivity index (χ1v) is 4.45. The molecule has 0 N–H and O–H groups in total. The van der Waals surface area contributed by atoms with Gasteiger partial charge in [0.15, 0.2) is 0 Å². The summed E-state index contributed by atoms with van der Waals surface area (Å²) in [6.45, 7) is 0. The standard InChI is InChI=1S/Co.Fe.Mo.Ni.V.W. The maximum atomic E-state index is 2.32. The minimum absolute atomic E-state index is 0. The van der Waals surface area contributed by atoms with Crippen molar-refractivity contribution in [1.82, 2.24) is 0 Å². The molecule has 0 saturated carbocycles. The average Bonchev–Trinajstić information content (AvgIpc) is 1.00. The van der Waals surface area contributed by atoms with Gasteiger partial charge in [-0.25, -0.2) is 0 Å². The summed E-state index contributed by atoms with van der Waals surface area (Å²) in [5, 5.41) is 0. The molecule has 0 nitrogen and oxygen atoms in total. The normalized spacial score (nSPS) is 0.667. The Morgan fingerprint density at radius 3 is 1.17 bits per heavy atom. The van der Waals surface area contributed by atoms with Crippen molar-refractivity contribution < 1.29 is 103 Å². The molecule has 0 amide bonds. The van der Waals surface area contributed by atoms with Crippen molar-refractivity contribution >= 4 is 0 Å². The van der Waals surface area contributed by atoms with E-state index >= 15 is 0 Å². The van der Waals surface area contributed by atoms with Gasteiger partial charge in [-0.15, -0.1) is 0 Å². The first-order chi connectivity index (χ1) is 1.00. The molecule has 0 bridgehead atoms. The van der Waals surface area contributed by atoms with Crippen molar-refractivity contribution in [2.45, 2.75) is 0 Å². The van der Waals surface area contributed by atoms with E-state index < -0.39 is 0 Å². The second kappa shape index (κ2) is 39.2. The van der Waals surface area contributed by atoms with Gasteiger partial charge >= 0.3 is 32.0 Å². The third-order valence-corrected chi connectivity index (χ3v) is 0. The molecule has 0 spiro atoms. The quantitative estimate of drug-likeness (QED) is 0.408. The molecule has 0 rings (SSSR count). The van der Waals surface area contributed by atoms with Crippen molar-refractivity contribution in [3.63, 3.8) is 0 Å². The molecule has 0 fully saturated rings. The summed E-state index contributed by atoms with van der Waals surface area (Å²) in [7, 11) is 0. The van der Waals surface area contributed by atoms with Crippen LogP contribution in [0.15, 0.2) is 0 Å². The van der Waals surface area contributed by atoms with Gasteiger partial charge in [0.25, 0.3) is 0 Å². The van der Waals surface area contributed by atoms with E-state index in [2.05, 4.69) is 14.6 Å². The minimum atomic E-state index is 0. The minimum Gasteiger partial charge on any atom is 0 e. The van der Waals surface area contributed by atoms with E-state index in [9.17, 15) is 0 Å². The Morgan fingerprint density at radius 1 is 1.17 bits per heavy atom. The van der Waals surface area contributed by atoms with Crippen molar-refractivity contribution in [2.75, 3.05) is 0 Å². The van der Waals surface area contributed by atoms with Gasteiger partial charge in [-0.3, -0.25) is 0 Å². The average molecular weight is 504 g/mol. The van der Waals surface area contributed by atoms with E-state index in [4.69, 9.17) is 0 Å². The van der Waals surface area contributed by atoms with Crippen LogP contribution in [0, 0.1) is 0 Å². The van der Waals surface area contributed by atoms with Crippen molar-refractivity contribution in [1.29, 1.82) is 0 Å². The van der Waals surface area contributed by atoms with Gasteiger partial charge in [0, 0.05) is 71.4 Å². The van der Waals surface area contributed by atoms with E-state index in [0.29, 0.717) is 0 Å². The molecule has 0 aromatic carbocycles. The first-order valence-electron chi connectivity index (χ1n) is 0.183. The SMILES string of the molecule is [Co].[Fe].[Ni].[V][Mo].[W].